The van der Waals surface area contributed by atoms with Crippen molar-refractivity contribution < 1.29 is 14.3 Å². The van der Waals surface area contributed by atoms with Crippen molar-refractivity contribution in [2.24, 2.45) is 0 Å². The molecule has 3 aromatic rings. The molecular weight excluding hydrogens is 350 g/mol. The number of nitrogens with one attached hydrogen (secondary N) is 1. The van der Waals surface area contributed by atoms with Gasteiger partial charge in [-0.25, -0.2) is 14.8 Å². The molecule has 7 heteroatoms. The summed E-state index contributed by atoms with van der Waals surface area (Å²) >= 11 is 1.30. The molecule has 0 radical (unpaired) electrons. The number of benzene rings is 1. The molecule has 0 aliphatic heterocycles. The first-order chi connectivity index (χ1) is 12.4. The molecule has 1 atom stereocenters. The number of aromatic nitrogens is 2. The van der Waals surface area contributed by atoms with E-state index in [-0.39, 0.29) is 5.91 Å². The van der Waals surface area contributed by atoms with Gasteiger partial charge in [-0.05, 0) is 31.9 Å². The number of carbonyl (C=O) groups is 2. The zero-order valence-electron chi connectivity index (χ0n) is 15.0. The molecular formula is C19H19N3O3S. The van der Waals surface area contributed by atoms with Gasteiger partial charge in [-0.15, -0.1) is 11.3 Å². The Hall–Kier alpha value is -2.80. The molecule has 2 heterocycles. The van der Waals surface area contributed by atoms with Crippen LogP contribution in [-0.4, -0.2) is 29.0 Å². The Morgan fingerprint density at radius 2 is 1.81 bits per heavy atom. The highest BCUT2D eigenvalue weighted by Crippen LogP contribution is 2.31. The molecule has 0 bridgehead atoms. The van der Waals surface area contributed by atoms with Gasteiger partial charge >= 0.3 is 5.97 Å². The molecule has 1 aromatic carbocycles. The van der Waals surface area contributed by atoms with E-state index in [0.717, 1.165) is 21.5 Å². The largest absolute Gasteiger partial charge is 0.467 e. The molecule has 0 saturated heterocycles. The van der Waals surface area contributed by atoms with E-state index < -0.39 is 12.0 Å². The molecule has 0 aliphatic rings. The average Bonchev–Trinajstić information content (AvgIpc) is 2.96. The van der Waals surface area contributed by atoms with Crippen LogP contribution in [0.4, 0.5) is 0 Å². The first-order valence-corrected chi connectivity index (χ1v) is 8.92. The summed E-state index contributed by atoms with van der Waals surface area (Å²) in [6.45, 7) is 5.60. The van der Waals surface area contributed by atoms with E-state index in [1.165, 1.54) is 18.4 Å². The number of amides is 1. The highest BCUT2D eigenvalue weighted by Gasteiger charge is 2.26. The first-order valence-electron chi connectivity index (χ1n) is 8.10. The van der Waals surface area contributed by atoms with Crippen LogP contribution in [0.2, 0.25) is 0 Å². The second-order valence-corrected chi connectivity index (χ2v) is 6.93. The standard InChI is InChI=1S/C19H19N3O3S/c1-10-14-11(2)20-12(3)21-18(14)26-16(10)17(23)22-15(19(24)25-4)13-8-6-5-7-9-13/h5-9,15H,1-4H3,(H,22,23). The smallest absolute Gasteiger partial charge is 0.333 e. The number of methoxy groups -OCH3 is 1. The summed E-state index contributed by atoms with van der Waals surface area (Å²) in [4.78, 5) is 35.1. The summed E-state index contributed by atoms with van der Waals surface area (Å²) in [5.74, 6) is -0.183. The van der Waals surface area contributed by atoms with E-state index in [9.17, 15) is 9.59 Å². The number of aryl methyl sites for hydroxylation is 3. The maximum absolute atomic E-state index is 12.9. The highest BCUT2D eigenvalue weighted by molar-refractivity contribution is 7.20. The third-order valence-electron chi connectivity index (χ3n) is 4.13. The first kappa shape index (κ1) is 18.0. The number of hydrogen-bond acceptors (Lipinski definition) is 6. The Bertz CT molecular complexity index is 983. The Labute approximate surface area is 155 Å². The van der Waals surface area contributed by atoms with Crippen molar-refractivity contribution >= 4 is 33.4 Å². The Kier molecular flexibility index (Phi) is 4.99. The molecule has 2 aromatic heterocycles. The van der Waals surface area contributed by atoms with Crippen LogP contribution in [0, 0.1) is 20.8 Å². The van der Waals surface area contributed by atoms with Gasteiger partial charge in [-0.1, -0.05) is 30.3 Å². The third-order valence-corrected chi connectivity index (χ3v) is 5.32. The van der Waals surface area contributed by atoms with Crippen molar-refractivity contribution in [2.75, 3.05) is 7.11 Å². The number of ether oxygens (including phenoxy) is 1. The Balaban J connectivity index is 1.98. The molecule has 26 heavy (non-hydrogen) atoms. The van der Waals surface area contributed by atoms with Gasteiger partial charge in [-0.2, -0.15) is 0 Å². The van der Waals surface area contributed by atoms with E-state index in [2.05, 4.69) is 15.3 Å². The summed E-state index contributed by atoms with van der Waals surface area (Å²) in [6.07, 6.45) is 0. The minimum Gasteiger partial charge on any atom is -0.467 e. The molecule has 0 aliphatic carbocycles. The summed E-state index contributed by atoms with van der Waals surface area (Å²) < 4.78 is 4.85. The third kappa shape index (κ3) is 3.30. The lowest BCUT2D eigenvalue weighted by Gasteiger charge is -2.16. The van der Waals surface area contributed by atoms with E-state index in [1.807, 2.05) is 39.0 Å². The minimum atomic E-state index is -0.868. The van der Waals surface area contributed by atoms with Gasteiger partial charge in [0.2, 0.25) is 0 Å². The molecule has 1 unspecified atom stereocenters. The SMILES string of the molecule is COC(=O)C(NC(=O)c1sc2nc(C)nc(C)c2c1C)c1ccccc1. The number of thiophene rings is 1. The average molecular weight is 369 g/mol. The summed E-state index contributed by atoms with van der Waals surface area (Å²) in [7, 11) is 1.30. The van der Waals surface area contributed by atoms with Crippen LogP contribution in [-0.2, 0) is 9.53 Å². The molecule has 0 fully saturated rings. The molecule has 1 N–H and O–H groups in total. The minimum absolute atomic E-state index is 0.332. The molecule has 3 rings (SSSR count). The number of rotatable bonds is 4. The van der Waals surface area contributed by atoms with Crippen LogP contribution in [0.15, 0.2) is 30.3 Å². The lowest BCUT2D eigenvalue weighted by Crippen LogP contribution is -2.34. The second kappa shape index (κ2) is 7.21. The fourth-order valence-electron chi connectivity index (χ4n) is 2.93. The molecule has 6 nitrogen and oxygen atoms in total. The number of fused-ring (bicyclic) bond motifs is 1. The van der Waals surface area contributed by atoms with Crippen molar-refractivity contribution in [3.05, 3.63) is 57.9 Å². The van der Waals surface area contributed by atoms with Gasteiger partial charge < -0.3 is 10.1 Å². The number of hydrogen-bond donors (Lipinski definition) is 1. The second-order valence-electron chi connectivity index (χ2n) is 5.93. The lowest BCUT2D eigenvalue weighted by molar-refractivity contribution is -0.143. The van der Waals surface area contributed by atoms with Gasteiger partial charge in [-0.3, -0.25) is 4.79 Å². The maximum atomic E-state index is 12.9. The van der Waals surface area contributed by atoms with Gasteiger partial charge in [0, 0.05) is 11.1 Å². The predicted molar refractivity (Wildman–Crippen MR) is 100 cm³/mol. The Morgan fingerprint density at radius 3 is 2.46 bits per heavy atom. The van der Waals surface area contributed by atoms with Crippen LogP contribution < -0.4 is 5.32 Å². The molecule has 0 saturated carbocycles. The van der Waals surface area contributed by atoms with E-state index in [0.29, 0.717) is 16.3 Å². The van der Waals surface area contributed by atoms with E-state index in [1.54, 1.807) is 12.1 Å². The monoisotopic (exact) mass is 369 g/mol. The van der Waals surface area contributed by atoms with Gasteiger partial charge in [0.15, 0.2) is 6.04 Å². The van der Waals surface area contributed by atoms with Gasteiger partial charge in [0.05, 0.1) is 12.0 Å². The van der Waals surface area contributed by atoms with Crippen molar-refractivity contribution in [1.82, 2.24) is 15.3 Å². The number of carbonyl (C=O) groups excluding carboxylic acids is 2. The topological polar surface area (TPSA) is 81.2 Å². The lowest BCUT2D eigenvalue weighted by atomic mass is 10.1. The van der Waals surface area contributed by atoms with Crippen molar-refractivity contribution in [3.8, 4) is 0 Å². The normalized spacial score (nSPS) is 12.0. The molecule has 1 amide bonds. The van der Waals surface area contributed by atoms with Crippen molar-refractivity contribution in [3.63, 3.8) is 0 Å². The zero-order chi connectivity index (χ0) is 18.8. The van der Waals surface area contributed by atoms with Crippen LogP contribution in [0.5, 0.6) is 0 Å². The quantitative estimate of drug-likeness (QED) is 0.714. The molecule has 0 spiro atoms. The predicted octanol–water partition coefficient (Wildman–Crippen LogP) is 3.26. The fourth-order valence-corrected chi connectivity index (χ4v) is 4.11. The number of nitrogens with zero attached hydrogens (tertiary/aromatic N) is 2. The van der Waals surface area contributed by atoms with Gasteiger partial charge in [0.25, 0.3) is 5.91 Å². The van der Waals surface area contributed by atoms with Crippen LogP contribution in [0.1, 0.15) is 38.4 Å². The molecule has 134 valence electrons. The van der Waals surface area contributed by atoms with E-state index >= 15 is 0 Å². The fraction of sp³-hybridized carbons (Fsp3) is 0.263. The Morgan fingerprint density at radius 1 is 1.12 bits per heavy atom. The van der Waals surface area contributed by atoms with Crippen LogP contribution in [0.25, 0.3) is 10.2 Å². The highest BCUT2D eigenvalue weighted by atomic mass is 32.1. The van der Waals surface area contributed by atoms with Crippen LogP contribution >= 0.6 is 11.3 Å². The number of esters is 1. The van der Waals surface area contributed by atoms with Gasteiger partial charge in [0.1, 0.15) is 10.7 Å². The zero-order valence-corrected chi connectivity index (χ0v) is 15.8. The van der Waals surface area contributed by atoms with E-state index in [4.69, 9.17) is 4.74 Å². The van der Waals surface area contributed by atoms with Crippen molar-refractivity contribution in [2.45, 2.75) is 26.8 Å². The maximum Gasteiger partial charge on any atom is 0.333 e. The summed E-state index contributed by atoms with van der Waals surface area (Å²) in [6, 6.07) is 8.15. The van der Waals surface area contributed by atoms with Crippen molar-refractivity contribution in [1.29, 1.82) is 0 Å². The van der Waals surface area contributed by atoms with Crippen LogP contribution in [0.3, 0.4) is 0 Å². The summed E-state index contributed by atoms with van der Waals surface area (Å²) in [5.41, 5.74) is 2.32. The summed E-state index contributed by atoms with van der Waals surface area (Å²) in [5, 5.41) is 3.67.